The highest BCUT2D eigenvalue weighted by atomic mass is 16.5. The molecular weight excluding hydrogens is 364 g/mol. The number of hydrogen-bond acceptors (Lipinski definition) is 3. The molecule has 1 fully saturated rings. The zero-order chi connectivity index (χ0) is 20.8. The highest BCUT2D eigenvalue weighted by Gasteiger charge is 2.18. The Kier molecular flexibility index (Phi) is 7.13. The van der Waals surface area contributed by atoms with Crippen LogP contribution in [0.4, 0.5) is 0 Å². The van der Waals surface area contributed by atoms with Gasteiger partial charge in [0, 0.05) is 36.0 Å². The van der Waals surface area contributed by atoms with Gasteiger partial charge in [0.15, 0.2) is 5.78 Å². The number of carbonyl (C=O) groups is 2. The van der Waals surface area contributed by atoms with Crippen molar-refractivity contribution in [3.05, 3.63) is 41.6 Å². The van der Waals surface area contributed by atoms with Crippen LogP contribution in [0.15, 0.2) is 30.3 Å². The molecule has 5 nitrogen and oxygen atoms in total. The number of nitrogens with one attached hydrogen (secondary N) is 1. The summed E-state index contributed by atoms with van der Waals surface area (Å²) in [5.41, 5.74) is 3.58. The summed E-state index contributed by atoms with van der Waals surface area (Å²) in [5, 5.41) is 3.22. The summed E-state index contributed by atoms with van der Waals surface area (Å²) in [6.07, 6.45) is 7.52. The van der Waals surface area contributed by atoms with Gasteiger partial charge in [0.1, 0.15) is 5.75 Å². The summed E-state index contributed by atoms with van der Waals surface area (Å²) in [7, 11) is 1.64. The minimum atomic E-state index is 0.0407. The highest BCUT2D eigenvalue weighted by Crippen LogP contribution is 2.28. The molecule has 0 unspecified atom stereocenters. The van der Waals surface area contributed by atoms with Gasteiger partial charge in [-0.05, 0) is 62.6 Å². The first-order chi connectivity index (χ1) is 14.0. The molecule has 1 N–H and O–H groups in total. The Balaban J connectivity index is 1.76. The van der Waals surface area contributed by atoms with Crippen LogP contribution in [-0.2, 0) is 11.3 Å². The molecule has 1 heterocycles. The Morgan fingerprint density at radius 2 is 1.76 bits per heavy atom. The minimum absolute atomic E-state index is 0.0407. The normalized spacial score (nSPS) is 15.0. The topological polar surface area (TPSA) is 60.3 Å². The molecule has 29 heavy (non-hydrogen) atoms. The molecule has 1 amide bonds. The van der Waals surface area contributed by atoms with Crippen LogP contribution in [0.3, 0.4) is 0 Å². The number of aromatic nitrogens is 1. The van der Waals surface area contributed by atoms with E-state index in [0.717, 1.165) is 35.5 Å². The third kappa shape index (κ3) is 5.28. The predicted molar refractivity (Wildman–Crippen MR) is 115 cm³/mol. The number of carbonyl (C=O) groups excluding carboxylic acids is 2. The molecule has 156 valence electrons. The number of ketones is 1. The fraction of sp³-hybridized carbons (Fsp3) is 0.500. The Morgan fingerprint density at radius 3 is 2.34 bits per heavy atom. The van der Waals surface area contributed by atoms with Gasteiger partial charge in [-0.1, -0.05) is 25.7 Å². The Hall–Kier alpha value is -2.56. The van der Waals surface area contributed by atoms with Crippen molar-refractivity contribution in [1.29, 1.82) is 0 Å². The van der Waals surface area contributed by atoms with Crippen molar-refractivity contribution >= 4 is 11.7 Å². The first kappa shape index (κ1) is 21.2. The van der Waals surface area contributed by atoms with E-state index in [2.05, 4.69) is 9.88 Å². The first-order valence-electron chi connectivity index (χ1n) is 10.6. The molecule has 1 aromatic carbocycles. The Labute approximate surface area is 173 Å². The van der Waals surface area contributed by atoms with E-state index >= 15 is 0 Å². The summed E-state index contributed by atoms with van der Waals surface area (Å²) in [5.74, 6) is 0.923. The lowest BCUT2D eigenvalue weighted by Gasteiger charge is -2.17. The summed E-state index contributed by atoms with van der Waals surface area (Å²) >= 11 is 0. The lowest BCUT2D eigenvalue weighted by Crippen LogP contribution is -2.34. The van der Waals surface area contributed by atoms with Crippen molar-refractivity contribution in [3.63, 3.8) is 0 Å². The van der Waals surface area contributed by atoms with E-state index in [-0.39, 0.29) is 11.7 Å². The SMILES string of the molecule is COc1ccc(-c2cc(C(C)=O)c(C)n2CCC(=O)NC2CCCCCC2)cc1. The van der Waals surface area contributed by atoms with Crippen molar-refractivity contribution in [3.8, 4) is 17.0 Å². The van der Waals surface area contributed by atoms with E-state index < -0.39 is 0 Å². The Bertz CT molecular complexity index is 844. The minimum Gasteiger partial charge on any atom is -0.497 e. The zero-order valence-corrected chi connectivity index (χ0v) is 17.8. The van der Waals surface area contributed by atoms with Gasteiger partial charge >= 0.3 is 0 Å². The van der Waals surface area contributed by atoms with Crippen molar-refractivity contribution in [2.75, 3.05) is 7.11 Å². The summed E-state index contributed by atoms with van der Waals surface area (Å²) in [6.45, 7) is 4.09. The second-order valence-electron chi connectivity index (χ2n) is 7.97. The quantitative estimate of drug-likeness (QED) is 0.535. The molecule has 0 bridgehead atoms. The van der Waals surface area contributed by atoms with Gasteiger partial charge in [0.05, 0.1) is 7.11 Å². The van der Waals surface area contributed by atoms with E-state index in [0.29, 0.717) is 24.6 Å². The molecule has 1 saturated carbocycles. The molecule has 0 saturated heterocycles. The number of Topliss-reactive ketones (excluding diaryl/α,β-unsaturated/α-hetero) is 1. The smallest absolute Gasteiger partial charge is 0.222 e. The summed E-state index contributed by atoms with van der Waals surface area (Å²) in [4.78, 5) is 24.7. The second-order valence-corrected chi connectivity index (χ2v) is 7.97. The number of amides is 1. The Morgan fingerprint density at radius 1 is 1.10 bits per heavy atom. The molecule has 1 aliphatic rings. The largest absolute Gasteiger partial charge is 0.497 e. The van der Waals surface area contributed by atoms with Crippen LogP contribution in [0.25, 0.3) is 11.3 Å². The lowest BCUT2D eigenvalue weighted by atomic mass is 10.1. The van der Waals surface area contributed by atoms with Crippen LogP contribution >= 0.6 is 0 Å². The fourth-order valence-corrected chi connectivity index (χ4v) is 4.23. The maximum Gasteiger partial charge on any atom is 0.222 e. The van der Waals surface area contributed by atoms with E-state index in [4.69, 9.17) is 4.74 Å². The number of rotatable bonds is 7. The van der Waals surface area contributed by atoms with Crippen molar-refractivity contribution in [2.45, 2.75) is 71.4 Å². The highest BCUT2D eigenvalue weighted by molar-refractivity contribution is 5.96. The third-order valence-corrected chi connectivity index (χ3v) is 5.91. The third-order valence-electron chi connectivity index (χ3n) is 5.91. The van der Waals surface area contributed by atoms with Crippen LogP contribution < -0.4 is 10.1 Å². The van der Waals surface area contributed by atoms with Crippen LogP contribution in [-0.4, -0.2) is 29.4 Å². The van der Waals surface area contributed by atoms with Crippen LogP contribution in [0.5, 0.6) is 5.75 Å². The average molecular weight is 397 g/mol. The van der Waals surface area contributed by atoms with Crippen molar-refractivity contribution in [2.24, 2.45) is 0 Å². The monoisotopic (exact) mass is 396 g/mol. The van der Waals surface area contributed by atoms with Gasteiger partial charge in [-0.3, -0.25) is 9.59 Å². The molecule has 5 heteroatoms. The van der Waals surface area contributed by atoms with E-state index in [1.807, 2.05) is 37.3 Å². The van der Waals surface area contributed by atoms with E-state index in [1.54, 1.807) is 14.0 Å². The van der Waals surface area contributed by atoms with Gasteiger partial charge < -0.3 is 14.6 Å². The number of hydrogen-bond donors (Lipinski definition) is 1. The average Bonchev–Trinajstić information content (AvgIpc) is 2.87. The van der Waals surface area contributed by atoms with Gasteiger partial charge in [-0.15, -0.1) is 0 Å². The number of ether oxygens (including phenoxy) is 1. The van der Waals surface area contributed by atoms with Crippen LogP contribution in [0.1, 0.15) is 67.9 Å². The molecule has 0 atom stereocenters. The first-order valence-corrected chi connectivity index (χ1v) is 10.6. The van der Waals surface area contributed by atoms with Crippen LogP contribution in [0, 0.1) is 6.92 Å². The summed E-state index contributed by atoms with van der Waals surface area (Å²) in [6, 6.07) is 10.0. The zero-order valence-electron chi connectivity index (χ0n) is 17.8. The van der Waals surface area contributed by atoms with Gasteiger partial charge in [0.25, 0.3) is 0 Å². The molecule has 0 spiro atoms. The van der Waals surface area contributed by atoms with Gasteiger partial charge in [0.2, 0.25) is 5.91 Å². The fourth-order valence-electron chi connectivity index (χ4n) is 4.23. The van der Waals surface area contributed by atoms with Gasteiger partial charge in [-0.25, -0.2) is 0 Å². The van der Waals surface area contributed by atoms with E-state index in [1.165, 1.54) is 25.7 Å². The number of methoxy groups -OCH3 is 1. The summed E-state index contributed by atoms with van der Waals surface area (Å²) < 4.78 is 7.34. The van der Waals surface area contributed by atoms with Crippen LogP contribution in [0.2, 0.25) is 0 Å². The second kappa shape index (κ2) is 9.77. The predicted octanol–water partition coefficient (Wildman–Crippen LogP) is 4.90. The molecule has 1 aliphatic carbocycles. The van der Waals surface area contributed by atoms with Crippen molar-refractivity contribution in [1.82, 2.24) is 9.88 Å². The van der Waals surface area contributed by atoms with Gasteiger partial charge in [-0.2, -0.15) is 0 Å². The molecule has 0 aliphatic heterocycles. The maximum absolute atomic E-state index is 12.6. The number of benzene rings is 1. The lowest BCUT2D eigenvalue weighted by molar-refractivity contribution is -0.122. The maximum atomic E-state index is 12.6. The molecular formula is C24H32N2O3. The molecule has 1 aromatic heterocycles. The molecule has 0 radical (unpaired) electrons. The molecule has 3 rings (SSSR count). The van der Waals surface area contributed by atoms with E-state index in [9.17, 15) is 9.59 Å². The van der Waals surface area contributed by atoms with Crippen molar-refractivity contribution < 1.29 is 14.3 Å². The standard InChI is InChI=1S/C24H32N2O3/c1-17-22(18(2)27)16-23(19-10-12-21(29-3)13-11-19)26(17)15-14-24(28)25-20-8-6-4-5-7-9-20/h10-13,16,20H,4-9,14-15H2,1-3H3,(H,25,28). The molecule has 2 aromatic rings. The number of nitrogens with zero attached hydrogens (tertiary/aromatic N) is 1.